The molecule has 1 atom stereocenters. The largest absolute Gasteiger partial charge is 0.352 e. The number of carbonyl (C=O) groups is 2. The van der Waals surface area contributed by atoms with Crippen LogP contribution in [0.25, 0.3) is 0 Å². The van der Waals surface area contributed by atoms with Gasteiger partial charge in [0.2, 0.25) is 5.91 Å². The van der Waals surface area contributed by atoms with E-state index in [9.17, 15) is 9.59 Å². The van der Waals surface area contributed by atoms with Gasteiger partial charge in [-0.05, 0) is 31.0 Å². The van der Waals surface area contributed by atoms with Gasteiger partial charge in [0, 0.05) is 31.2 Å². The Balaban J connectivity index is 0.00000242. The molecule has 0 aromatic heterocycles. The highest BCUT2D eigenvalue weighted by atomic mass is 35.5. The monoisotopic (exact) mass is 325 g/mol. The summed E-state index contributed by atoms with van der Waals surface area (Å²) < 4.78 is 0. The fourth-order valence-electron chi connectivity index (χ4n) is 2.04. The zero-order chi connectivity index (χ0) is 15.2. The Hall–Kier alpha value is -1.59. The summed E-state index contributed by atoms with van der Waals surface area (Å²) in [6, 6.07) is 7.54. The first-order chi connectivity index (χ1) is 10.1. The second kappa shape index (κ2) is 8.76. The first-order valence-corrected chi connectivity index (χ1v) is 7.48. The predicted molar refractivity (Wildman–Crippen MR) is 89.1 cm³/mol. The maximum atomic E-state index is 12.1. The van der Waals surface area contributed by atoms with Crippen molar-refractivity contribution in [3.05, 3.63) is 35.4 Å². The van der Waals surface area contributed by atoms with Gasteiger partial charge in [0.05, 0.1) is 5.92 Å². The number of carbonyl (C=O) groups excluding carboxylic acids is 2. The van der Waals surface area contributed by atoms with Crippen molar-refractivity contribution in [3.8, 4) is 0 Å². The van der Waals surface area contributed by atoms with Gasteiger partial charge in [0.1, 0.15) is 0 Å². The van der Waals surface area contributed by atoms with Crippen LogP contribution in [0.4, 0.5) is 0 Å². The molecule has 22 heavy (non-hydrogen) atoms. The van der Waals surface area contributed by atoms with Crippen molar-refractivity contribution < 1.29 is 9.59 Å². The van der Waals surface area contributed by atoms with Crippen LogP contribution >= 0.6 is 12.4 Å². The van der Waals surface area contributed by atoms with E-state index in [1.807, 2.05) is 32.0 Å². The molecule has 1 aromatic carbocycles. The van der Waals surface area contributed by atoms with Gasteiger partial charge in [0.15, 0.2) is 0 Å². The predicted octanol–water partition coefficient (Wildman–Crippen LogP) is 1.47. The number of rotatable bonds is 6. The third kappa shape index (κ3) is 5.00. The normalized spacial score (nSPS) is 15.2. The maximum absolute atomic E-state index is 12.1. The fraction of sp³-hybridized carbons (Fsp3) is 0.500. The lowest BCUT2D eigenvalue weighted by atomic mass is 10.0. The molecule has 1 saturated heterocycles. The molecule has 0 spiro atoms. The molecule has 1 aromatic rings. The van der Waals surface area contributed by atoms with Gasteiger partial charge < -0.3 is 16.0 Å². The summed E-state index contributed by atoms with van der Waals surface area (Å²) >= 11 is 0. The molecule has 1 unspecified atom stereocenters. The highest BCUT2D eigenvalue weighted by molar-refractivity contribution is 5.94. The van der Waals surface area contributed by atoms with Crippen LogP contribution in [0, 0.1) is 5.92 Å². The van der Waals surface area contributed by atoms with E-state index in [2.05, 4.69) is 16.0 Å². The summed E-state index contributed by atoms with van der Waals surface area (Å²) in [7, 11) is 0. The Bertz CT molecular complexity index is 518. The summed E-state index contributed by atoms with van der Waals surface area (Å²) in [5, 5.41) is 8.92. The lowest BCUT2D eigenvalue weighted by molar-refractivity contribution is -0.126. The van der Waals surface area contributed by atoms with Crippen LogP contribution < -0.4 is 16.0 Å². The van der Waals surface area contributed by atoms with Crippen LogP contribution in [0.2, 0.25) is 0 Å². The van der Waals surface area contributed by atoms with Crippen LogP contribution in [0.1, 0.15) is 36.2 Å². The number of hydrogen-bond acceptors (Lipinski definition) is 3. The number of amides is 2. The molecule has 1 aliphatic rings. The van der Waals surface area contributed by atoms with Crippen LogP contribution in [0.3, 0.4) is 0 Å². The Labute approximate surface area is 137 Å². The quantitative estimate of drug-likeness (QED) is 0.742. The van der Waals surface area contributed by atoms with Crippen molar-refractivity contribution in [2.24, 2.45) is 5.92 Å². The third-order valence-corrected chi connectivity index (χ3v) is 3.80. The lowest BCUT2D eigenvalue weighted by Crippen LogP contribution is -2.50. The van der Waals surface area contributed by atoms with Gasteiger partial charge in [-0.25, -0.2) is 0 Å². The molecule has 5 nitrogen and oxygen atoms in total. The van der Waals surface area contributed by atoms with Crippen LogP contribution in [-0.4, -0.2) is 30.9 Å². The van der Waals surface area contributed by atoms with Crippen molar-refractivity contribution in [2.45, 2.75) is 32.9 Å². The minimum Gasteiger partial charge on any atom is -0.352 e. The van der Waals surface area contributed by atoms with E-state index in [0.29, 0.717) is 12.1 Å². The topological polar surface area (TPSA) is 70.2 Å². The van der Waals surface area contributed by atoms with Gasteiger partial charge in [-0.1, -0.05) is 19.1 Å². The molecule has 2 rings (SSSR count). The molecule has 1 fully saturated rings. The SMILES string of the molecule is CCC(C)NC(=O)c1cccc(CNC(=O)C2CNC2)c1.Cl. The highest BCUT2D eigenvalue weighted by Crippen LogP contribution is 2.08. The molecule has 122 valence electrons. The van der Waals surface area contributed by atoms with E-state index < -0.39 is 0 Å². The molecular weight excluding hydrogens is 302 g/mol. The minimum absolute atomic E-state index is 0. The van der Waals surface area contributed by atoms with Crippen molar-refractivity contribution >= 4 is 24.2 Å². The van der Waals surface area contributed by atoms with Gasteiger partial charge in [-0.2, -0.15) is 0 Å². The second-order valence-electron chi connectivity index (χ2n) is 5.56. The van der Waals surface area contributed by atoms with Gasteiger partial charge in [-0.15, -0.1) is 12.4 Å². The number of nitrogens with one attached hydrogen (secondary N) is 3. The van der Waals surface area contributed by atoms with E-state index in [1.165, 1.54) is 0 Å². The molecule has 6 heteroatoms. The molecule has 2 amide bonds. The van der Waals surface area contributed by atoms with E-state index in [0.717, 1.165) is 25.1 Å². The van der Waals surface area contributed by atoms with Crippen LogP contribution in [0.5, 0.6) is 0 Å². The highest BCUT2D eigenvalue weighted by Gasteiger charge is 2.24. The summed E-state index contributed by atoms with van der Waals surface area (Å²) in [5.74, 6) is 0.0887. The van der Waals surface area contributed by atoms with Gasteiger partial charge in [0.25, 0.3) is 5.91 Å². The first kappa shape index (κ1) is 18.5. The van der Waals surface area contributed by atoms with Gasteiger partial charge in [-0.3, -0.25) is 9.59 Å². The van der Waals surface area contributed by atoms with E-state index in [-0.39, 0.29) is 36.2 Å². The smallest absolute Gasteiger partial charge is 0.251 e. The number of hydrogen-bond donors (Lipinski definition) is 3. The number of benzene rings is 1. The minimum atomic E-state index is -0.0688. The van der Waals surface area contributed by atoms with Gasteiger partial charge >= 0.3 is 0 Å². The van der Waals surface area contributed by atoms with Crippen molar-refractivity contribution in [1.82, 2.24) is 16.0 Å². The molecule has 0 radical (unpaired) electrons. The lowest BCUT2D eigenvalue weighted by Gasteiger charge is -2.25. The zero-order valence-electron chi connectivity index (χ0n) is 13.0. The maximum Gasteiger partial charge on any atom is 0.251 e. The molecule has 1 heterocycles. The Morgan fingerprint density at radius 3 is 2.68 bits per heavy atom. The summed E-state index contributed by atoms with van der Waals surface area (Å²) in [5.41, 5.74) is 1.57. The summed E-state index contributed by atoms with van der Waals surface area (Å²) in [6.45, 7) is 5.98. The Kier molecular flexibility index (Phi) is 7.35. The average Bonchev–Trinajstić information content (AvgIpc) is 2.43. The van der Waals surface area contributed by atoms with E-state index >= 15 is 0 Å². The van der Waals surface area contributed by atoms with E-state index in [1.54, 1.807) is 6.07 Å². The van der Waals surface area contributed by atoms with Crippen molar-refractivity contribution in [1.29, 1.82) is 0 Å². The van der Waals surface area contributed by atoms with Crippen LogP contribution in [-0.2, 0) is 11.3 Å². The second-order valence-corrected chi connectivity index (χ2v) is 5.56. The fourth-order valence-corrected chi connectivity index (χ4v) is 2.04. The molecular formula is C16H24ClN3O2. The third-order valence-electron chi connectivity index (χ3n) is 3.80. The molecule has 0 saturated carbocycles. The summed E-state index contributed by atoms with van der Waals surface area (Å²) in [6.07, 6.45) is 0.900. The van der Waals surface area contributed by atoms with Crippen molar-refractivity contribution in [2.75, 3.05) is 13.1 Å². The number of halogens is 1. The molecule has 0 bridgehead atoms. The van der Waals surface area contributed by atoms with Crippen molar-refractivity contribution in [3.63, 3.8) is 0 Å². The summed E-state index contributed by atoms with van der Waals surface area (Å²) in [4.78, 5) is 23.8. The van der Waals surface area contributed by atoms with E-state index in [4.69, 9.17) is 0 Å². The molecule has 3 N–H and O–H groups in total. The molecule has 0 aliphatic carbocycles. The average molecular weight is 326 g/mol. The van der Waals surface area contributed by atoms with Crippen LogP contribution in [0.15, 0.2) is 24.3 Å². The Morgan fingerprint density at radius 2 is 2.09 bits per heavy atom. The molecule has 1 aliphatic heterocycles. The Morgan fingerprint density at radius 1 is 1.36 bits per heavy atom. The zero-order valence-corrected chi connectivity index (χ0v) is 13.8. The first-order valence-electron chi connectivity index (χ1n) is 7.48. The standard InChI is InChI=1S/C16H23N3O2.ClH/c1-3-11(2)19-16(21)13-6-4-5-12(7-13)8-18-15(20)14-9-17-10-14;/h4-7,11,14,17H,3,8-10H2,1-2H3,(H,18,20)(H,19,21);1H.